The van der Waals surface area contributed by atoms with Gasteiger partial charge in [0.05, 0.1) is 6.04 Å². The first-order chi connectivity index (χ1) is 17.1. The van der Waals surface area contributed by atoms with Gasteiger partial charge in [0.15, 0.2) is 0 Å². The molecule has 0 aliphatic carbocycles. The number of carboxylic acids is 1. The smallest absolute Gasteiger partial charge is 0.322 e. The minimum Gasteiger partial charge on any atom is -0.508 e. The predicted octanol–water partition coefficient (Wildman–Crippen LogP) is -0.113. The van der Waals surface area contributed by atoms with E-state index < -0.39 is 48.4 Å². The van der Waals surface area contributed by atoms with Crippen molar-refractivity contribution in [3.05, 3.63) is 59.7 Å². The Balaban J connectivity index is 1.69. The van der Waals surface area contributed by atoms with Crippen molar-refractivity contribution in [2.24, 2.45) is 5.73 Å². The fourth-order valence-corrected chi connectivity index (χ4v) is 4.12. The predicted molar refractivity (Wildman–Crippen MR) is 129 cm³/mol. The Bertz CT molecular complexity index is 1090. The highest BCUT2D eigenvalue weighted by Crippen LogP contribution is 2.20. The number of aromatic hydroxyl groups is 2. The first-order valence-corrected chi connectivity index (χ1v) is 11.6. The van der Waals surface area contributed by atoms with Gasteiger partial charge in [0.1, 0.15) is 30.1 Å². The van der Waals surface area contributed by atoms with Gasteiger partial charge in [-0.15, -0.1) is 0 Å². The number of aliphatic carboxylic acids is 1. The number of likely N-dealkylation sites (tertiary alicyclic amines) is 1. The van der Waals surface area contributed by atoms with Crippen LogP contribution in [0, 0.1) is 0 Å². The van der Waals surface area contributed by atoms with Gasteiger partial charge < -0.3 is 36.6 Å². The van der Waals surface area contributed by atoms with Crippen LogP contribution in [0.5, 0.6) is 11.5 Å². The molecule has 11 nitrogen and oxygen atoms in total. The SMILES string of the molecule is NC(Cc1ccc(O)cc1)C(=O)N1CCCC1C(=O)NC(Cc1ccc(O)cc1)C(=O)NCC(=O)O. The van der Waals surface area contributed by atoms with Gasteiger partial charge in [-0.05, 0) is 54.7 Å². The van der Waals surface area contributed by atoms with Crippen molar-refractivity contribution in [1.82, 2.24) is 15.5 Å². The molecule has 0 spiro atoms. The molecule has 192 valence electrons. The lowest BCUT2D eigenvalue weighted by Gasteiger charge is -2.28. The largest absolute Gasteiger partial charge is 0.508 e. The third-order valence-electron chi connectivity index (χ3n) is 5.97. The number of carboxylic acid groups (broad SMARTS) is 1. The molecule has 3 rings (SSSR count). The maximum absolute atomic E-state index is 13.2. The number of nitrogens with one attached hydrogen (secondary N) is 2. The van der Waals surface area contributed by atoms with Gasteiger partial charge in [0.2, 0.25) is 17.7 Å². The van der Waals surface area contributed by atoms with Crippen LogP contribution >= 0.6 is 0 Å². The monoisotopic (exact) mass is 498 g/mol. The molecule has 36 heavy (non-hydrogen) atoms. The van der Waals surface area contributed by atoms with E-state index in [-0.39, 0.29) is 24.3 Å². The molecule has 3 atom stereocenters. The van der Waals surface area contributed by atoms with Gasteiger partial charge in [-0.3, -0.25) is 19.2 Å². The maximum atomic E-state index is 13.2. The normalized spacial score (nSPS) is 16.7. The fraction of sp³-hybridized carbons (Fsp3) is 0.360. The molecule has 1 saturated heterocycles. The first kappa shape index (κ1) is 26.5. The van der Waals surface area contributed by atoms with Crippen LogP contribution in [0.3, 0.4) is 0 Å². The van der Waals surface area contributed by atoms with Gasteiger partial charge >= 0.3 is 5.97 Å². The molecule has 1 aliphatic rings. The topological polar surface area (TPSA) is 182 Å². The summed E-state index contributed by atoms with van der Waals surface area (Å²) in [4.78, 5) is 51.2. The van der Waals surface area contributed by atoms with Gasteiger partial charge in [-0.2, -0.15) is 0 Å². The lowest BCUT2D eigenvalue weighted by atomic mass is 10.0. The molecule has 2 aromatic rings. The van der Waals surface area contributed by atoms with E-state index >= 15 is 0 Å². The number of hydrogen-bond donors (Lipinski definition) is 6. The molecule has 1 heterocycles. The Kier molecular flexibility index (Phi) is 8.85. The zero-order chi connectivity index (χ0) is 26.2. The van der Waals surface area contributed by atoms with Gasteiger partial charge in [0, 0.05) is 13.0 Å². The number of hydrogen-bond acceptors (Lipinski definition) is 7. The third kappa shape index (κ3) is 7.19. The molecule has 1 fully saturated rings. The number of amides is 3. The van der Waals surface area contributed by atoms with E-state index in [0.717, 1.165) is 5.56 Å². The van der Waals surface area contributed by atoms with E-state index in [9.17, 15) is 29.4 Å². The summed E-state index contributed by atoms with van der Waals surface area (Å²) in [5.41, 5.74) is 7.54. The second-order valence-electron chi connectivity index (χ2n) is 8.71. The number of carbonyl (C=O) groups excluding carboxylic acids is 3. The number of nitrogens with two attached hydrogens (primary N) is 1. The van der Waals surface area contributed by atoms with E-state index in [1.54, 1.807) is 24.3 Å². The second kappa shape index (κ2) is 12.0. The van der Waals surface area contributed by atoms with Crippen LogP contribution < -0.4 is 16.4 Å². The standard InChI is InChI=1S/C25H30N4O7/c26-19(12-15-3-7-17(30)8-4-15)25(36)29-11-1-2-21(29)24(35)28-20(23(34)27-14-22(32)33)13-16-5-9-18(31)10-6-16/h3-10,19-21,30-31H,1-2,11-14,26H2,(H,27,34)(H,28,35)(H,32,33). The number of phenols is 2. The fourth-order valence-electron chi connectivity index (χ4n) is 4.12. The molecule has 0 radical (unpaired) electrons. The second-order valence-corrected chi connectivity index (χ2v) is 8.71. The molecule has 11 heteroatoms. The zero-order valence-corrected chi connectivity index (χ0v) is 19.6. The van der Waals surface area contributed by atoms with Crippen LogP contribution in [-0.2, 0) is 32.0 Å². The van der Waals surface area contributed by atoms with Crippen molar-refractivity contribution in [2.75, 3.05) is 13.1 Å². The Hall–Kier alpha value is -4.12. The summed E-state index contributed by atoms with van der Waals surface area (Å²) in [5, 5.41) is 32.7. The van der Waals surface area contributed by atoms with Gasteiger partial charge in [-0.1, -0.05) is 24.3 Å². The lowest BCUT2D eigenvalue weighted by molar-refractivity contribution is -0.141. The quantitative estimate of drug-likeness (QED) is 0.262. The van der Waals surface area contributed by atoms with Gasteiger partial charge in [-0.25, -0.2) is 0 Å². The van der Waals surface area contributed by atoms with Crippen molar-refractivity contribution in [2.45, 2.75) is 43.8 Å². The summed E-state index contributed by atoms with van der Waals surface area (Å²) < 4.78 is 0. The number of nitrogens with zero attached hydrogens (tertiary/aromatic N) is 1. The summed E-state index contributed by atoms with van der Waals surface area (Å²) in [6, 6.07) is 9.59. The molecular formula is C25H30N4O7. The van der Waals surface area contributed by atoms with Crippen molar-refractivity contribution in [3.63, 3.8) is 0 Å². The van der Waals surface area contributed by atoms with Crippen LogP contribution in [0.1, 0.15) is 24.0 Å². The Morgan fingerprint density at radius 3 is 2.06 bits per heavy atom. The van der Waals surface area contributed by atoms with E-state index in [2.05, 4.69) is 10.6 Å². The van der Waals surface area contributed by atoms with Crippen molar-refractivity contribution in [1.29, 1.82) is 0 Å². The lowest BCUT2D eigenvalue weighted by Crippen LogP contribution is -2.56. The molecule has 1 aliphatic heterocycles. The molecule has 0 saturated carbocycles. The molecule has 2 aromatic carbocycles. The molecule has 3 amide bonds. The average Bonchev–Trinajstić information content (AvgIpc) is 3.34. The van der Waals surface area contributed by atoms with E-state index in [1.165, 1.54) is 29.2 Å². The summed E-state index contributed by atoms with van der Waals surface area (Å²) in [6.07, 6.45) is 1.26. The number of rotatable bonds is 10. The molecule has 7 N–H and O–H groups in total. The first-order valence-electron chi connectivity index (χ1n) is 11.6. The summed E-state index contributed by atoms with van der Waals surface area (Å²) in [6.45, 7) is -0.269. The van der Waals surface area contributed by atoms with E-state index in [1.807, 2.05) is 0 Å². The molecule has 3 unspecified atom stereocenters. The van der Waals surface area contributed by atoms with Crippen LogP contribution in [0.25, 0.3) is 0 Å². The molecular weight excluding hydrogens is 468 g/mol. The maximum Gasteiger partial charge on any atom is 0.322 e. The van der Waals surface area contributed by atoms with Crippen LogP contribution in [0.4, 0.5) is 0 Å². The molecule has 0 bridgehead atoms. The van der Waals surface area contributed by atoms with Gasteiger partial charge in [0.25, 0.3) is 0 Å². The van der Waals surface area contributed by atoms with Crippen LogP contribution in [0.15, 0.2) is 48.5 Å². The summed E-state index contributed by atoms with van der Waals surface area (Å²) >= 11 is 0. The highest BCUT2D eigenvalue weighted by molar-refractivity contribution is 5.94. The average molecular weight is 499 g/mol. The summed E-state index contributed by atoms with van der Waals surface area (Å²) in [7, 11) is 0. The Labute approximate surface area is 207 Å². The number of carbonyl (C=O) groups is 4. The zero-order valence-electron chi connectivity index (χ0n) is 19.6. The van der Waals surface area contributed by atoms with Crippen molar-refractivity contribution >= 4 is 23.7 Å². The van der Waals surface area contributed by atoms with Crippen LogP contribution in [0.2, 0.25) is 0 Å². The third-order valence-corrected chi connectivity index (χ3v) is 5.97. The Morgan fingerprint density at radius 1 is 0.944 bits per heavy atom. The minimum absolute atomic E-state index is 0.0402. The Morgan fingerprint density at radius 2 is 1.50 bits per heavy atom. The van der Waals surface area contributed by atoms with Crippen molar-refractivity contribution < 1.29 is 34.5 Å². The number of phenolic OH excluding ortho intramolecular Hbond substituents is 2. The van der Waals surface area contributed by atoms with E-state index in [4.69, 9.17) is 10.8 Å². The highest BCUT2D eigenvalue weighted by atomic mass is 16.4. The van der Waals surface area contributed by atoms with Crippen molar-refractivity contribution in [3.8, 4) is 11.5 Å². The number of benzene rings is 2. The highest BCUT2D eigenvalue weighted by Gasteiger charge is 2.37. The minimum atomic E-state index is -1.23. The molecule has 0 aromatic heterocycles. The summed E-state index contributed by atoms with van der Waals surface area (Å²) in [5.74, 6) is -2.70. The van der Waals surface area contributed by atoms with Crippen LogP contribution in [-0.4, -0.2) is 75.1 Å². The van der Waals surface area contributed by atoms with E-state index in [0.29, 0.717) is 24.9 Å².